The molecule has 0 fully saturated rings. The quantitative estimate of drug-likeness (QED) is 0.418. The molecule has 0 radical (unpaired) electrons. The molecule has 1 aliphatic heterocycles. The van der Waals surface area contributed by atoms with E-state index in [2.05, 4.69) is 15.0 Å². The summed E-state index contributed by atoms with van der Waals surface area (Å²) in [5.74, 6) is -0.192. The Morgan fingerprint density at radius 3 is 2.46 bits per heavy atom. The lowest BCUT2D eigenvalue weighted by Crippen LogP contribution is -2.24. The number of nitrogens with zero attached hydrogens (tertiary/aromatic N) is 4. The Hall–Kier alpha value is -4.65. The monoisotopic (exact) mass is 459 g/mol. The predicted molar refractivity (Wildman–Crippen MR) is 136 cm³/mol. The first-order chi connectivity index (χ1) is 17.1. The number of para-hydroxylation sites is 1. The Bertz CT molecular complexity index is 1690. The van der Waals surface area contributed by atoms with Crippen molar-refractivity contribution in [1.82, 2.24) is 20.0 Å². The lowest BCUT2D eigenvalue weighted by molar-refractivity contribution is -0.130. The van der Waals surface area contributed by atoms with Crippen molar-refractivity contribution >= 4 is 33.6 Å². The number of carbonyl (C=O) groups is 1. The summed E-state index contributed by atoms with van der Waals surface area (Å²) < 4.78 is 0. The van der Waals surface area contributed by atoms with Crippen LogP contribution >= 0.6 is 0 Å². The molecule has 170 valence electrons. The van der Waals surface area contributed by atoms with E-state index >= 15 is 0 Å². The van der Waals surface area contributed by atoms with Crippen LogP contribution in [0.3, 0.4) is 0 Å². The Balaban J connectivity index is 1.53. The van der Waals surface area contributed by atoms with Gasteiger partial charge >= 0.3 is 0 Å². The SMILES string of the molecule is CC(=O)N1N=C(c2c(-c3ccccc3)c3ccccc3[nH]c2=O)C[C@H]1c1ccc2nccnc2c1. The van der Waals surface area contributed by atoms with Crippen molar-refractivity contribution in [2.45, 2.75) is 19.4 Å². The van der Waals surface area contributed by atoms with Crippen LogP contribution in [0.1, 0.15) is 30.5 Å². The zero-order valence-electron chi connectivity index (χ0n) is 19.0. The van der Waals surface area contributed by atoms with Crippen LogP contribution in [0.25, 0.3) is 33.1 Å². The van der Waals surface area contributed by atoms with Gasteiger partial charge in [-0.25, -0.2) is 5.01 Å². The Morgan fingerprint density at radius 1 is 0.914 bits per heavy atom. The molecule has 0 unspecified atom stereocenters. The van der Waals surface area contributed by atoms with Crippen LogP contribution in [0.4, 0.5) is 0 Å². The molecule has 3 heterocycles. The van der Waals surface area contributed by atoms with E-state index in [0.717, 1.165) is 38.6 Å². The number of amides is 1. The molecular formula is C28H21N5O2. The molecule has 0 spiro atoms. The second-order valence-corrected chi connectivity index (χ2v) is 8.55. The van der Waals surface area contributed by atoms with Crippen LogP contribution in [0.5, 0.6) is 0 Å². The van der Waals surface area contributed by atoms with Crippen LogP contribution in [0, 0.1) is 0 Å². The zero-order chi connectivity index (χ0) is 23.9. The number of aromatic nitrogens is 3. The van der Waals surface area contributed by atoms with E-state index in [0.29, 0.717) is 17.7 Å². The largest absolute Gasteiger partial charge is 0.321 e. The van der Waals surface area contributed by atoms with Crippen LogP contribution in [0.15, 0.2) is 95.1 Å². The van der Waals surface area contributed by atoms with Crippen molar-refractivity contribution in [2.24, 2.45) is 5.10 Å². The molecule has 0 bridgehead atoms. The van der Waals surface area contributed by atoms with Crippen LogP contribution in [0.2, 0.25) is 0 Å². The third-order valence-corrected chi connectivity index (χ3v) is 6.38. The fourth-order valence-electron chi connectivity index (χ4n) is 4.82. The Labute approximate surface area is 200 Å². The smallest absolute Gasteiger partial charge is 0.258 e. The van der Waals surface area contributed by atoms with Crippen molar-refractivity contribution in [2.75, 3.05) is 0 Å². The van der Waals surface area contributed by atoms with Gasteiger partial charge in [0.1, 0.15) is 0 Å². The maximum Gasteiger partial charge on any atom is 0.258 e. The topological polar surface area (TPSA) is 91.3 Å². The van der Waals surface area contributed by atoms with E-state index < -0.39 is 0 Å². The van der Waals surface area contributed by atoms with Gasteiger partial charge in [-0.2, -0.15) is 5.10 Å². The number of hydrogen-bond acceptors (Lipinski definition) is 5. The molecular weight excluding hydrogens is 438 g/mol. The highest BCUT2D eigenvalue weighted by atomic mass is 16.2. The maximum atomic E-state index is 13.5. The van der Waals surface area contributed by atoms with E-state index in [1.165, 1.54) is 11.9 Å². The second-order valence-electron chi connectivity index (χ2n) is 8.55. The number of benzene rings is 3. The lowest BCUT2D eigenvalue weighted by atomic mass is 9.91. The van der Waals surface area contributed by atoms with Gasteiger partial charge in [0.2, 0.25) is 5.91 Å². The van der Waals surface area contributed by atoms with E-state index in [-0.39, 0.29) is 17.5 Å². The average Bonchev–Trinajstić information content (AvgIpc) is 3.33. The minimum Gasteiger partial charge on any atom is -0.321 e. The molecule has 1 aliphatic rings. The molecule has 1 atom stereocenters. The summed E-state index contributed by atoms with van der Waals surface area (Å²) in [5, 5.41) is 7.09. The summed E-state index contributed by atoms with van der Waals surface area (Å²) in [6.45, 7) is 1.49. The number of carbonyl (C=O) groups excluding carboxylic acids is 1. The normalized spacial score (nSPS) is 15.5. The van der Waals surface area contributed by atoms with Gasteiger partial charge in [-0.3, -0.25) is 19.6 Å². The van der Waals surface area contributed by atoms with Crippen LogP contribution in [-0.2, 0) is 4.79 Å². The molecule has 0 saturated carbocycles. The molecule has 35 heavy (non-hydrogen) atoms. The molecule has 7 heteroatoms. The van der Waals surface area contributed by atoms with Gasteiger partial charge in [-0.15, -0.1) is 0 Å². The van der Waals surface area contributed by atoms with E-state index in [1.54, 1.807) is 12.4 Å². The van der Waals surface area contributed by atoms with Crippen molar-refractivity contribution in [1.29, 1.82) is 0 Å². The average molecular weight is 460 g/mol. The molecule has 0 saturated heterocycles. The summed E-state index contributed by atoms with van der Waals surface area (Å²) >= 11 is 0. The van der Waals surface area contributed by atoms with Crippen LogP contribution < -0.4 is 5.56 Å². The number of H-pyrrole nitrogens is 1. The molecule has 7 nitrogen and oxygen atoms in total. The van der Waals surface area contributed by atoms with Crippen LogP contribution in [-0.4, -0.2) is 31.6 Å². The van der Waals surface area contributed by atoms with E-state index in [9.17, 15) is 9.59 Å². The highest BCUT2D eigenvalue weighted by molar-refractivity contribution is 6.12. The third-order valence-electron chi connectivity index (χ3n) is 6.38. The van der Waals surface area contributed by atoms with Crippen molar-refractivity contribution < 1.29 is 4.79 Å². The predicted octanol–water partition coefficient (Wildman–Crippen LogP) is 4.84. The number of nitrogens with one attached hydrogen (secondary N) is 1. The van der Waals surface area contributed by atoms with Crippen molar-refractivity contribution in [3.8, 4) is 11.1 Å². The zero-order valence-corrected chi connectivity index (χ0v) is 19.0. The number of aromatic amines is 1. The van der Waals surface area contributed by atoms with Gasteiger partial charge in [0.25, 0.3) is 5.56 Å². The molecule has 3 aromatic carbocycles. The fraction of sp³-hybridized carbons (Fsp3) is 0.107. The minimum absolute atomic E-state index is 0.192. The number of fused-ring (bicyclic) bond motifs is 2. The summed E-state index contributed by atoms with van der Waals surface area (Å²) in [7, 11) is 0. The lowest BCUT2D eigenvalue weighted by Gasteiger charge is -2.20. The van der Waals surface area contributed by atoms with Gasteiger partial charge in [0.05, 0.1) is 28.4 Å². The Kier molecular flexibility index (Phi) is 4.95. The summed E-state index contributed by atoms with van der Waals surface area (Å²) in [4.78, 5) is 37.8. The van der Waals surface area contributed by atoms with Gasteiger partial charge in [-0.1, -0.05) is 54.6 Å². The molecule has 1 N–H and O–H groups in total. The highest BCUT2D eigenvalue weighted by Gasteiger charge is 2.34. The fourth-order valence-corrected chi connectivity index (χ4v) is 4.82. The molecule has 6 rings (SSSR count). The summed E-state index contributed by atoms with van der Waals surface area (Å²) in [6.07, 6.45) is 3.70. The van der Waals surface area contributed by atoms with Gasteiger partial charge in [0.15, 0.2) is 0 Å². The first-order valence-corrected chi connectivity index (χ1v) is 11.4. The van der Waals surface area contributed by atoms with Gasteiger partial charge in [-0.05, 0) is 29.3 Å². The maximum absolute atomic E-state index is 13.5. The minimum atomic E-state index is -0.344. The first-order valence-electron chi connectivity index (χ1n) is 11.4. The second kappa shape index (κ2) is 8.29. The molecule has 0 aliphatic carbocycles. The van der Waals surface area contributed by atoms with Crippen molar-refractivity contribution in [3.63, 3.8) is 0 Å². The van der Waals surface area contributed by atoms with E-state index in [1.807, 2.05) is 72.8 Å². The number of pyridine rings is 1. The number of hydrazone groups is 1. The number of rotatable bonds is 3. The van der Waals surface area contributed by atoms with E-state index in [4.69, 9.17) is 5.10 Å². The first kappa shape index (κ1) is 20.9. The molecule has 1 amide bonds. The number of hydrogen-bond donors (Lipinski definition) is 1. The summed E-state index contributed by atoms with van der Waals surface area (Å²) in [6, 6.07) is 23.0. The standard InChI is InChI=1S/C28H21N5O2/c1-17(34)33-25(19-11-12-22-23(15-19)30-14-13-29-22)16-24(32-33)27-26(18-7-3-2-4-8-18)20-9-5-6-10-21(20)31-28(27)35/h2-15,25H,16H2,1H3,(H,31,35)/t25-/m0/s1. The molecule has 5 aromatic rings. The highest BCUT2D eigenvalue weighted by Crippen LogP contribution is 2.37. The summed E-state index contributed by atoms with van der Waals surface area (Å²) in [5.41, 5.74) is 5.76. The van der Waals surface area contributed by atoms with Gasteiger partial charge in [0, 0.05) is 42.2 Å². The Morgan fingerprint density at radius 2 is 1.66 bits per heavy atom. The van der Waals surface area contributed by atoms with Crippen molar-refractivity contribution in [3.05, 3.63) is 107 Å². The van der Waals surface area contributed by atoms with Gasteiger partial charge < -0.3 is 4.98 Å². The molecule has 2 aromatic heterocycles. The third kappa shape index (κ3) is 3.58.